The average Bonchev–Trinajstić information content (AvgIpc) is 2.80. The second-order valence-corrected chi connectivity index (χ2v) is 7.46. The summed E-state index contributed by atoms with van der Waals surface area (Å²) in [5, 5.41) is 3.84. The van der Waals surface area contributed by atoms with Crippen LogP contribution in [0.5, 0.6) is 5.75 Å². The highest BCUT2D eigenvalue weighted by molar-refractivity contribution is 6.31. The van der Waals surface area contributed by atoms with Gasteiger partial charge in [0.2, 0.25) is 5.91 Å². The maximum absolute atomic E-state index is 12.9. The molecule has 4 rings (SSSR count). The van der Waals surface area contributed by atoms with Crippen molar-refractivity contribution in [2.45, 2.75) is 12.6 Å². The number of carbonyl (C=O) groups excluding carboxylic acids is 1. The molecule has 6 nitrogen and oxygen atoms in total. The zero-order chi connectivity index (χ0) is 21.8. The number of aromatic nitrogens is 2. The summed E-state index contributed by atoms with van der Waals surface area (Å²) in [6.45, 7) is -0.159. The molecular formula is C24H20ClN3O3. The third-order valence-corrected chi connectivity index (χ3v) is 5.22. The van der Waals surface area contributed by atoms with Crippen LogP contribution in [0.4, 0.5) is 0 Å². The summed E-state index contributed by atoms with van der Waals surface area (Å²) in [4.78, 5) is 29.9. The van der Waals surface area contributed by atoms with E-state index in [4.69, 9.17) is 16.3 Å². The first kappa shape index (κ1) is 20.6. The Morgan fingerprint density at radius 2 is 1.77 bits per heavy atom. The first-order chi connectivity index (χ1) is 15.0. The van der Waals surface area contributed by atoms with E-state index in [1.54, 1.807) is 25.3 Å². The number of fused-ring (bicyclic) bond motifs is 1. The Balaban J connectivity index is 1.61. The monoisotopic (exact) mass is 433 g/mol. The molecule has 0 bridgehead atoms. The predicted molar refractivity (Wildman–Crippen MR) is 120 cm³/mol. The van der Waals surface area contributed by atoms with Crippen molar-refractivity contribution in [2.24, 2.45) is 0 Å². The number of benzene rings is 3. The van der Waals surface area contributed by atoms with Gasteiger partial charge in [0.05, 0.1) is 30.4 Å². The lowest BCUT2D eigenvalue weighted by atomic mass is 9.98. The Kier molecular flexibility index (Phi) is 6.00. The van der Waals surface area contributed by atoms with Crippen LogP contribution in [0, 0.1) is 0 Å². The fourth-order valence-corrected chi connectivity index (χ4v) is 3.58. The number of rotatable bonds is 6. The molecule has 3 aromatic carbocycles. The van der Waals surface area contributed by atoms with E-state index in [9.17, 15) is 9.59 Å². The number of methoxy groups -OCH3 is 1. The van der Waals surface area contributed by atoms with Gasteiger partial charge in [0.25, 0.3) is 5.56 Å². The number of carbonyl (C=O) groups is 1. The van der Waals surface area contributed by atoms with Crippen molar-refractivity contribution < 1.29 is 9.53 Å². The minimum atomic E-state index is -0.377. The largest absolute Gasteiger partial charge is 0.497 e. The molecule has 1 N–H and O–H groups in total. The number of hydrogen-bond acceptors (Lipinski definition) is 4. The van der Waals surface area contributed by atoms with Gasteiger partial charge >= 0.3 is 0 Å². The van der Waals surface area contributed by atoms with Gasteiger partial charge in [-0.05, 0) is 41.5 Å². The normalized spacial score (nSPS) is 11.8. The standard InChI is InChI=1S/C24H20ClN3O3/c1-31-19-10-7-17(8-11-19)23(16-5-3-2-4-6-16)27-22(29)14-28-15-26-21-12-9-18(25)13-20(21)24(28)30/h2-13,15,23H,14H2,1H3,(H,27,29)/t23-/m0/s1. The Morgan fingerprint density at radius 1 is 1.06 bits per heavy atom. The van der Waals surface area contributed by atoms with E-state index in [-0.39, 0.29) is 24.1 Å². The number of ether oxygens (including phenoxy) is 1. The second kappa shape index (κ2) is 9.02. The molecule has 1 aromatic heterocycles. The molecule has 0 aliphatic rings. The van der Waals surface area contributed by atoms with Gasteiger partial charge in [-0.25, -0.2) is 4.98 Å². The SMILES string of the molecule is COc1ccc([C@@H](NC(=O)Cn2cnc3ccc(Cl)cc3c2=O)c2ccccc2)cc1. The van der Waals surface area contributed by atoms with E-state index in [1.165, 1.54) is 10.9 Å². The summed E-state index contributed by atoms with van der Waals surface area (Å²) < 4.78 is 6.51. The van der Waals surface area contributed by atoms with Gasteiger partial charge in [0.1, 0.15) is 12.3 Å². The lowest BCUT2D eigenvalue weighted by molar-refractivity contribution is -0.122. The third kappa shape index (κ3) is 4.59. The molecule has 156 valence electrons. The highest BCUT2D eigenvalue weighted by atomic mass is 35.5. The van der Waals surface area contributed by atoms with E-state index < -0.39 is 0 Å². The molecule has 1 heterocycles. The van der Waals surface area contributed by atoms with Crippen LogP contribution in [0.3, 0.4) is 0 Å². The molecule has 0 aliphatic heterocycles. The first-order valence-electron chi connectivity index (χ1n) is 9.68. The highest BCUT2D eigenvalue weighted by Gasteiger charge is 2.18. The molecule has 0 saturated carbocycles. The maximum Gasteiger partial charge on any atom is 0.261 e. The number of amides is 1. The van der Waals surface area contributed by atoms with E-state index in [1.807, 2.05) is 54.6 Å². The van der Waals surface area contributed by atoms with E-state index in [0.717, 1.165) is 16.9 Å². The maximum atomic E-state index is 12.9. The van der Waals surface area contributed by atoms with Crippen molar-refractivity contribution in [3.63, 3.8) is 0 Å². The summed E-state index contributed by atoms with van der Waals surface area (Å²) in [6.07, 6.45) is 1.38. The molecule has 4 aromatic rings. The van der Waals surface area contributed by atoms with Crippen LogP contribution < -0.4 is 15.6 Å². The number of nitrogens with zero attached hydrogens (tertiary/aromatic N) is 2. The van der Waals surface area contributed by atoms with Gasteiger partial charge in [0, 0.05) is 5.02 Å². The topological polar surface area (TPSA) is 73.2 Å². The second-order valence-electron chi connectivity index (χ2n) is 7.02. The number of halogens is 1. The van der Waals surface area contributed by atoms with E-state index in [2.05, 4.69) is 10.3 Å². The predicted octanol–water partition coefficient (Wildman–Crippen LogP) is 3.96. The molecular weight excluding hydrogens is 414 g/mol. The molecule has 1 atom stereocenters. The molecule has 7 heteroatoms. The number of hydrogen-bond donors (Lipinski definition) is 1. The lowest BCUT2D eigenvalue weighted by Gasteiger charge is -2.20. The Morgan fingerprint density at radius 3 is 2.48 bits per heavy atom. The van der Waals surface area contributed by atoms with Crippen LogP contribution >= 0.6 is 11.6 Å². The van der Waals surface area contributed by atoms with Crippen LogP contribution in [0.15, 0.2) is 83.9 Å². The summed E-state index contributed by atoms with van der Waals surface area (Å²) in [6, 6.07) is 21.7. The lowest BCUT2D eigenvalue weighted by Crippen LogP contribution is -2.35. The van der Waals surface area contributed by atoms with Crippen LogP contribution in [-0.4, -0.2) is 22.6 Å². The fraction of sp³-hybridized carbons (Fsp3) is 0.125. The molecule has 0 radical (unpaired) electrons. The van der Waals surface area contributed by atoms with Crippen LogP contribution in [0.1, 0.15) is 17.2 Å². The van der Waals surface area contributed by atoms with Crippen molar-refractivity contribution in [2.75, 3.05) is 7.11 Å². The molecule has 0 spiro atoms. The van der Waals surface area contributed by atoms with Crippen molar-refractivity contribution in [3.05, 3.63) is 106 Å². The van der Waals surface area contributed by atoms with Crippen molar-refractivity contribution in [1.29, 1.82) is 0 Å². The average molecular weight is 434 g/mol. The fourth-order valence-electron chi connectivity index (χ4n) is 3.41. The highest BCUT2D eigenvalue weighted by Crippen LogP contribution is 2.24. The van der Waals surface area contributed by atoms with Gasteiger partial charge in [-0.3, -0.25) is 14.2 Å². The van der Waals surface area contributed by atoms with E-state index in [0.29, 0.717) is 15.9 Å². The van der Waals surface area contributed by atoms with Crippen molar-refractivity contribution in [1.82, 2.24) is 14.9 Å². The van der Waals surface area contributed by atoms with Crippen LogP contribution in [0.25, 0.3) is 10.9 Å². The van der Waals surface area contributed by atoms with Gasteiger partial charge in [-0.1, -0.05) is 54.1 Å². The minimum Gasteiger partial charge on any atom is -0.497 e. The van der Waals surface area contributed by atoms with E-state index >= 15 is 0 Å². The summed E-state index contributed by atoms with van der Waals surface area (Å²) >= 11 is 6.01. The Bertz CT molecular complexity index is 1270. The third-order valence-electron chi connectivity index (χ3n) is 4.99. The molecule has 0 unspecified atom stereocenters. The molecule has 0 saturated heterocycles. The molecule has 0 fully saturated rings. The van der Waals surface area contributed by atoms with Gasteiger partial charge in [0.15, 0.2) is 0 Å². The van der Waals surface area contributed by atoms with Gasteiger partial charge < -0.3 is 10.1 Å². The zero-order valence-corrected chi connectivity index (χ0v) is 17.5. The molecule has 31 heavy (non-hydrogen) atoms. The van der Waals surface area contributed by atoms with Crippen molar-refractivity contribution in [3.8, 4) is 5.75 Å². The minimum absolute atomic E-state index is 0.159. The Labute approximate surface area is 184 Å². The van der Waals surface area contributed by atoms with Gasteiger partial charge in [-0.2, -0.15) is 0 Å². The summed E-state index contributed by atoms with van der Waals surface area (Å²) in [5.74, 6) is 0.421. The van der Waals surface area contributed by atoms with Crippen molar-refractivity contribution >= 4 is 28.4 Å². The quantitative estimate of drug-likeness (QED) is 0.499. The summed E-state index contributed by atoms with van der Waals surface area (Å²) in [7, 11) is 1.61. The smallest absolute Gasteiger partial charge is 0.261 e. The van der Waals surface area contributed by atoms with Crippen LogP contribution in [-0.2, 0) is 11.3 Å². The first-order valence-corrected chi connectivity index (χ1v) is 10.1. The number of nitrogens with one attached hydrogen (secondary N) is 1. The molecule has 1 amide bonds. The van der Waals surface area contributed by atoms with Crippen LogP contribution in [0.2, 0.25) is 5.02 Å². The van der Waals surface area contributed by atoms with Gasteiger partial charge in [-0.15, -0.1) is 0 Å². The summed E-state index contributed by atoms with van der Waals surface area (Å²) in [5.41, 5.74) is 2.04. The zero-order valence-electron chi connectivity index (χ0n) is 16.8. The Hall–Kier alpha value is -3.64. The molecule has 0 aliphatic carbocycles.